The molecule has 0 N–H and O–H groups in total. The topological polar surface area (TPSA) is 25.8 Å². The van der Waals surface area contributed by atoms with Crippen molar-refractivity contribution in [2.75, 3.05) is 0 Å². The van der Waals surface area contributed by atoms with E-state index in [1.807, 2.05) is 35.0 Å². The Kier molecular flexibility index (Phi) is 2.69. The third kappa shape index (κ3) is 1.87. The molecule has 0 unspecified atom stereocenters. The van der Waals surface area contributed by atoms with E-state index < -0.39 is 0 Å². The van der Waals surface area contributed by atoms with Crippen LogP contribution < -0.4 is 0 Å². The van der Waals surface area contributed by atoms with Gasteiger partial charge in [-0.2, -0.15) is 11.3 Å². The number of hydrogen-bond donors (Lipinski definition) is 0. The maximum absolute atomic E-state index is 6.33. The summed E-state index contributed by atoms with van der Waals surface area (Å²) in [7, 11) is 0. The van der Waals surface area contributed by atoms with Crippen LogP contribution in [0.1, 0.15) is 0 Å². The zero-order valence-corrected chi connectivity index (χ0v) is 11.9. The summed E-state index contributed by atoms with van der Waals surface area (Å²) in [6, 6.07) is 14.3. The average Bonchev–Trinajstić information content (AvgIpc) is 2.99. The molecule has 96 valence electrons. The van der Waals surface area contributed by atoms with Crippen LogP contribution in [0.25, 0.3) is 33.1 Å². The predicted molar refractivity (Wildman–Crippen MR) is 85.4 cm³/mol. The Labute approximate surface area is 124 Å². The second-order valence-electron chi connectivity index (χ2n) is 4.57. The molecule has 2 aromatic heterocycles. The van der Waals surface area contributed by atoms with Gasteiger partial charge in [0.1, 0.15) is 5.15 Å². The molecule has 2 aromatic carbocycles. The lowest BCUT2D eigenvalue weighted by Crippen LogP contribution is -1.91. The van der Waals surface area contributed by atoms with E-state index in [1.54, 1.807) is 11.3 Å². The second kappa shape index (κ2) is 4.54. The molecule has 0 spiro atoms. The largest absolute Gasteiger partial charge is 0.228 e. The smallest absolute Gasteiger partial charge is 0.162 e. The van der Waals surface area contributed by atoms with Gasteiger partial charge in [-0.25, -0.2) is 9.97 Å². The van der Waals surface area contributed by atoms with Crippen LogP contribution in [0, 0.1) is 0 Å². The number of thiophene rings is 1. The van der Waals surface area contributed by atoms with Gasteiger partial charge in [-0.05, 0) is 34.4 Å². The van der Waals surface area contributed by atoms with Crippen LogP contribution in [-0.2, 0) is 0 Å². The van der Waals surface area contributed by atoms with Crippen LogP contribution in [0.2, 0.25) is 5.15 Å². The molecule has 0 fully saturated rings. The first-order valence-corrected chi connectivity index (χ1v) is 7.52. The van der Waals surface area contributed by atoms with Crippen LogP contribution >= 0.6 is 22.9 Å². The van der Waals surface area contributed by atoms with Gasteiger partial charge in [-0.15, -0.1) is 0 Å². The van der Waals surface area contributed by atoms with E-state index in [9.17, 15) is 0 Å². The molecule has 20 heavy (non-hydrogen) atoms. The van der Waals surface area contributed by atoms with Gasteiger partial charge in [0.25, 0.3) is 0 Å². The lowest BCUT2D eigenvalue weighted by atomic mass is 10.1. The van der Waals surface area contributed by atoms with E-state index in [4.69, 9.17) is 11.6 Å². The van der Waals surface area contributed by atoms with Gasteiger partial charge in [0.2, 0.25) is 0 Å². The highest BCUT2D eigenvalue weighted by Crippen LogP contribution is 2.29. The lowest BCUT2D eigenvalue weighted by Gasteiger charge is -2.05. The highest BCUT2D eigenvalue weighted by Gasteiger charge is 2.09. The summed E-state index contributed by atoms with van der Waals surface area (Å²) in [6.45, 7) is 0. The molecule has 0 amide bonds. The molecule has 0 bridgehead atoms. The van der Waals surface area contributed by atoms with Gasteiger partial charge in [0, 0.05) is 16.3 Å². The molecule has 0 aliphatic heterocycles. The number of benzene rings is 2. The minimum atomic E-state index is 0.502. The second-order valence-corrected chi connectivity index (χ2v) is 5.70. The summed E-state index contributed by atoms with van der Waals surface area (Å²) in [5.41, 5.74) is 1.89. The minimum absolute atomic E-state index is 0.502. The number of fused-ring (bicyclic) bond motifs is 2. The van der Waals surface area contributed by atoms with Crippen molar-refractivity contribution in [1.29, 1.82) is 0 Å². The predicted octanol–water partition coefficient (Wildman–Crippen LogP) is 5.16. The number of rotatable bonds is 1. The number of hydrogen-bond acceptors (Lipinski definition) is 3. The van der Waals surface area contributed by atoms with Gasteiger partial charge < -0.3 is 0 Å². The van der Waals surface area contributed by atoms with Crippen molar-refractivity contribution in [2.24, 2.45) is 0 Å². The highest BCUT2D eigenvalue weighted by molar-refractivity contribution is 7.08. The van der Waals surface area contributed by atoms with E-state index in [1.165, 1.54) is 0 Å². The maximum atomic E-state index is 6.33. The Hall–Kier alpha value is -1.97. The molecule has 0 radical (unpaired) electrons. The summed E-state index contributed by atoms with van der Waals surface area (Å²) in [4.78, 5) is 9.05. The molecular weight excluding hydrogens is 288 g/mol. The molecule has 0 atom stereocenters. The molecule has 0 aliphatic carbocycles. The summed E-state index contributed by atoms with van der Waals surface area (Å²) >= 11 is 7.96. The SMILES string of the molecule is Clc1nc(-c2ccsc2)nc2cc3ccccc3cc12. The fourth-order valence-electron chi connectivity index (χ4n) is 2.30. The van der Waals surface area contributed by atoms with Crippen molar-refractivity contribution < 1.29 is 0 Å². The van der Waals surface area contributed by atoms with Gasteiger partial charge >= 0.3 is 0 Å². The maximum Gasteiger partial charge on any atom is 0.162 e. The van der Waals surface area contributed by atoms with Crippen molar-refractivity contribution in [2.45, 2.75) is 0 Å². The Balaban J connectivity index is 2.06. The standard InChI is InChI=1S/C16H9ClN2S/c17-15-13-7-10-3-1-2-4-11(10)8-14(13)18-16(19-15)12-5-6-20-9-12/h1-9H. The summed E-state index contributed by atoms with van der Waals surface area (Å²) in [5, 5.41) is 7.74. The molecule has 0 saturated carbocycles. The highest BCUT2D eigenvalue weighted by atomic mass is 35.5. The summed E-state index contributed by atoms with van der Waals surface area (Å²) < 4.78 is 0. The molecule has 4 heteroatoms. The van der Waals surface area contributed by atoms with Crippen LogP contribution in [0.15, 0.2) is 53.2 Å². The third-order valence-electron chi connectivity index (χ3n) is 3.30. The first-order valence-electron chi connectivity index (χ1n) is 6.20. The summed E-state index contributed by atoms with van der Waals surface area (Å²) in [6.07, 6.45) is 0. The third-order valence-corrected chi connectivity index (χ3v) is 4.27. The number of nitrogens with zero attached hydrogens (tertiary/aromatic N) is 2. The molecule has 4 rings (SSSR count). The first-order chi connectivity index (χ1) is 9.81. The van der Waals surface area contributed by atoms with Crippen LogP contribution in [0.4, 0.5) is 0 Å². The van der Waals surface area contributed by atoms with Crippen LogP contribution in [-0.4, -0.2) is 9.97 Å². The quantitative estimate of drug-likeness (QED) is 0.358. The van der Waals surface area contributed by atoms with Gasteiger partial charge in [-0.1, -0.05) is 35.9 Å². The lowest BCUT2D eigenvalue weighted by molar-refractivity contribution is 1.23. The van der Waals surface area contributed by atoms with Crippen molar-refractivity contribution in [3.63, 3.8) is 0 Å². The van der Waals surface area contributed by atoms with E-state index in [0.29, 0.717) is 11.0 Å². The first kappa shape index (κ1) is 11.8. The monoisotopic (exact) mass is 296 g/mol. The van der Waals surface area contributed by atoms with E-state index >= 15 is 0 Å². The summed E-state index contributed by atoms with van der Waals surface area (Å²) in [5.74, 6) is 0.680. The molecule has 0 saturated heterocycles. The van der Waals surface area contributed by atoms with E-state index in [0.717, 1.165) is 27.2 Å². The minimum Gasteiger partial charge on any atom is -0.228 e. The zero-order chi connectivity index (χ0) is 13.5. The Morgan fingerprint density at radius 2 is 1.75 bits per heavy atom. The van der Waals surface area contributed by atoms with Crippen molar-refractivity contribution in [1.82, 2.24) is 9.97 Å². The molecule has 4 aromatic rings. The Morgan fingerprint density at radius 3 is 2.50 bits per heavy atom. The molecule has 2 nitrogen and oxygen atoms in total. The van der Waals surface area contributed by atoms with Gasteiger partial charge in [0.15, 0.2) is 5.82 Å². The average molecular weight is 297 g/mol. The van der Waals surface area contributed by atoms with Gasteiger partial charge in [0.05, 0.1) is 5.52 Å². The molecule has 2 heterocycles. The number of halogens is 1. The normalized spacial score (nSPS) is 11.2. The van der Waals surface area contributed by atoms with Crippen LogP contribution in [0.5, 0.6) is 0 Å². The Bertz CT molecular complexity index is 916. The van der Waals surface area contributed by atoms with Crippen molar-refractivity contribution >= 4 is 44.6 Å². The molecule has 0 aliphatic rings. The molecular formula is C16H9ClN2S. The Morgan fingerprint density at radius 1 is 0.950 bits per heavy atom. The zero-order valence-electron chi connectivity index (χ0n) is 10.4. The van der Waals surface area contributed by atoms with E-state index in [2.05, 4.69) is 28.2 Å². The fraction of sp³-hybridized carbons (Fsp3) is 0. The van der Waals surface area contributed by atoms with Gasteiger partial charge in [-0.3, -0.25) is 0 Å². The van der Waals surface area contributed by atoms with Crippen molar-refractivity contribution in [3.8, 4) is 11.4 Å². The van der Waals surface area contributed by atoms with E-state index in [-0.39, 0.29) is 0 Å². The fourth-order valence-corrected chi connectivity index (χ4v) is 3.16. The van der Waals surface area contributed by atoms with Crippen LogP contribution in [0.3, 0.4) is 0 Å². The van der Waals surface area contributed by atoms with Crippen molar-refractivity contribution in [3.05, 3.63) is 58.4 Å². The number of aromatic nitrogens is 2.